The monoisotopic (exact) mass is 372 g/mol. The number of hydrogen-bond donors (Lipinski definition) is 2. The first kappa shape index (κ1) is 20.7. The molecule has 2 N–H and O–H groups in total. The Labute approximate surface area is 152 Å². The maximum atomic E-state index is 12.5. The van der Waals surface area contributed by atoms with Gasteiger partial charge in [-0.1, -0.05) is 12.1 Å². The molecule has 1 heterocycles. The van der Waals surface area contributed by atoms with E-state index in [2.05, 4.69) is 43.1 Å². The van der Waals surface area contributed by atoms with Crippen LogP contribution in [0.15, 0.2) is 24.3 Å². The van der Waals surface area contributed by atoms with Crippen molar-refractivity contribution < 1.29 is 22.7 Å². The average molecular weight is 372 g/mol. The number of halogens is 3. The highest BCUT2D eigenvalue weighted by molar-refractivity contribution is 5.94. The Morgan fingerprint density at radius 1 is 1.15 bits per heavy atom. The summed E-state index contributed by atoms with van der Waals surface area (Å²) < 4.78 is 40.9. The molecule has 1 aliphatic heterocycles. The average Bonchev–Trinajstić information content (AvgIpc) is 2.43. The third kappa shape index (κ3) is 6.61. The summed E-state index contributed by atoms with van der Waals surface area (Å²) in [5, 5.41) is 6.64. The van der Waals surface area contributed by atoms with Gasteiger partial charge >= 0.3 is 6.18 Å². The molecule has 2 rings (SSSR count). The molecule has 0 saturated carbocycles. The molecule has 0 aliphatic carbocycles. The number of ether oxygens (including phenoxy) is 1. The summed E-state index contributed by atoms with van der Waals surface area (Å²) >= 11 is 0. The highest BCUT2D eigenvalue weighted by Crippen LogP contribution is 2.28. The normalized spacial score (nSPS) is 20.0. The lowest BCUT2D eigenvalue weighted by Crippen LogP contribution is -2.62. The molecule has 26 heavy (non-hydrogen) atoms. The Kier molecular flexibility index (Phi) is 6.02. The van der Waals surface area contributed by atoms with Crippen LogP contribution < -0.4 is 10.6 Å². The van der Waals surface area contributed by atoms with Gasteiger partial charge in [0.05, 0.1) is 6.61 Å². The number of alkyl halides is 3. The molecule has 1 aromatic rings. The van der Waals surface area contributed by atoms with Crippen LogP contribution in [0.5, 0.6) is 0 Å². The maximum absolute atomic E-state index is 12.5. The largest absolute Gasteiger partial charge is 0.411 e. The fourth-order valence-corrected chi connectivity index (χ4v) is 3.73. The summed E-state index contributed by atoms with van der Waals surface area (Å²) in [7, 11) is 0. The van der Waals surface area contributed by atoms with Gasteiger partial charge in [-0.05, 0) is 58.2 Å². The SMILES string of the molecule is CC1(C)CC(NC(=O)c2ccc(COCC(F)(F)F)cc2)CC(C)(C)N1. The minimum absolute atomic E-state index is 0.0588. The Hall–Kier alpha value is -1.60. The third-order valence-corrected chi connectivity index (χ3v) is 4.28. The number of rotatable bonds is 5. The second-order valence-corrected chi connectivity index (χ2v) is 8.28. The van der Waals surface area contributed by atoms with Crippen LogP contribution in [0.4, 0.5) is 13.2 Å². The fourth-order valence-electron chi connectivity index (χ4n) is 3.73. The molecule has 0 spiro atoms. The van der Waals surface area contributed by atoms with Gasteiger partial charge in [-0.2, -0.15) is 13.2 Å². The molecule has 1 amide bonds. The maximum Gasteiger partial charge on any atom is 0.411 e. The van der Waals surface area contributed by atoms with Crippen LogP contribution in [0.3, 0.4) is 0 Å². The second-order valence-electron chi connectivity index (χ2n) is 8.28. The lowest BCUT2D eigenvalue weighted by molar-refractivity contribution is -0.176. The third-order valence-electron chi connectivity index (χ3n) is 4.28. The van der Waals surface area contributed by atoms with Crippen molar-refractivity contribution in [2.45, 2.75) is 70.4 Å². The van der Waals surface area contributed by atoms with Gasteiger partial charge in [0, 0.05) is 22.7 Å². The van der Waals surface area contributed by atoms with Crippen LogP contribution in [0.2, 0.25) is 0 Å². The minimum Gasteiger partial charge on any atom is -0.367 e. The molecule has 1 saturated heterocycles. The summed E-state index contributed by atoms with van der Waals surface area (Å²) in [6.07, 6.45) is -2.69. The van der Waals surface area contributed by atoms with E-state index in [9.17, 15) is 18.0 Å². The lowest BCUT2D eigenvalue weighted by atomic mass is 9.79. The molecule has 1 aliphatic rings. The first-order valence-corrected chi connectivity index (χ1v) is 8.69. The number of nitrogens with one attached hydrogen (secondary N) is 2. The van der Waals surface area contributed by atoms with E-state index in [-0.39, 0.29) is 29.6 Å². The highest BCUT2D eigenvalue weighted by Gasteiger charge is 2.38. The lowest BCUT2D eigenvalue weighted by Gasteiger charge is -2.46. The van der Waals surface area contributed by atoms with E-state index in [1.165, 1.54) is 0 Å². The van der Waals surface area contributed by atoms with E-state index in [1.54, 1.807) is 24.3 Å². The predicted octanol–water partition coefficient (Wildman–Crippen LogP) is 3.80. The van der Waals surface area contributed by atoms with Gasteiger partial charge < -0.3 is 15.4 Å². The van der Waals surface area contributed by atoms with E-state index in [1.807, 2.05) is 0 Å². The molecular formula is C19H27F3N2O2. The van der Waals surface area contributed by atoms with Crippen molar-refractivity contribution in [3.63, 3.8) is 0 Å². The molecule has 0 radical (unpaired) electrons. The molecule has 0 bridgehead atoms. The van der Waals surface area contributed by atoms with E-state index >= 15 is 0 Å². The van der Waals surface area contributed by atoms with Crippen LogP contribution in [0.25, 0.3) is 0 Å². The summed E-state index contributed by atoms with van der Waals surface area (Å²) in [4.78, 5) is 12.5. The highest BCUT2D eigenvalue weighted by atomic mass is 19.4. The standard InChI is InChI=1S/C19H27F3N2O2/c1-17(2)9-15(10-18(3,4)24-17)23-16(25)14-7-5-13(6-8-14)11-26-12-19(20,21)22/h5-8,15,24H,9-12H2,1-4H3,(H,23,25). The number of amides is 1. The van der Waals surface area contributed by atoms with Gasteiger partial charge in [-0.3, -0.25) is 4.79 Å². The second kappa shape index (κ2) is 7.56. The van der Waals surface area contributed by atoms with Crippen molar-refractivity contribution >= 4 is 5.91 Å². The molecule has 7 heteroatoms. The van der Waals surface area contributed by atoms with Crippen LogP contribution in [0.1, 0.15) is 56.5 Å². The molecule has 1 fully saturated rings. The van der Waals surface area contributed by atoms with Crippen LogP contribution >= 0.6 is 0 Å². The zero-order valence-corrected chi connectivity index (χ0v) is 15.7. The van der Waals surface area contributed by atoms with Crippen LogP contribution in [-0.2, 0) is 11.3 Å². The number of piperidine rings is 1. The van der Waals surface area contributed by atoms with E-state index in [0.29, 0.717) is 11.1 Å². The van der Waals surface area contributed by atoms with Gasteiger partial charge in [0.15, 0.2) is 0 Å². The zero-order chi connectivity index (χ0) is 19.6. The number of hydrogen-bond acceptors (Lipinski definition) is 3. The Morgan fingerprint density at radius 2 is 1.69 bits per heavy atom. The summed E-state index contributed by atoms with van der Waals surface area (Å²) in [6, 6.07) is 6.50. The molecule has 0 unspecified atom stereocenters. The minimum atomic E-state index is -4.34. The number of carbonyl (C=O) groups excluding carboxylic acids is 1. The quantitative estimate of drug-likeness (QED) is 0.827. The Morgan fingerprint density at radius 3 is 2.19 bits per heavy atom. The van der Waals surface area contributed by atoms with E-state index in [4.69, 9.17) is 0 Å². The first-order chi connectivity index (χ1) is 11.9. The van der Waals surface area contributed by atoms with Crippen molar-refractivity contribution in [2.24, 2.45) is 0 Å². The summed E-state index contributed by atoms with van der Waals surface area (Å²) in [6.45, 7) is 7.03. The smallest absolute Gasteiger partial charge is 0.367 e. The molecular weight excluding hydrogens is 345 g/mol. The van der Waals surface area contributed by atoms with Crippen molar-refractivity contribution in [3.05, 3.63) is 35.4 Å². The zero-order valence-electron chi connectivity index (χ0n) is 15.7. The molecule has 0 aromatic heterocycles. The molecule has 1 aromatic carbocycles. The van der Waals surface area contributed by atoms with Crippen molar-refractivity contribution in [1.29, 1.82) is 0 Å². The van der Waals surface area contributed by atoms with Crippen LogP contribution in [0, 0.1) is 0 Å². The molecule has 4 nitrogen and oxygen atoms in total. The van der Waals surface area contributed by atoms with E-state index in [0.717, 1.165) is 12.8 Å². The van der Waals surface area contributed by atoms with Gasteiger partial charge in [-0.25, -0.2) is 0 Å². The Bertz CT molecular complexity index is 609. The summed E-state index contributed by atoms with van der Waals surface area (Å²) in [5.74, 6) is -0.175. The van der Waals surface area contributed by atoms with Gasteiger partial charge in [0.2, 0.25) is 0 Å². The molecule has 0 atom stereocenters. The van der Waals surface area contributed by atoms with Gasteiger partial charge in [0.1, 0.15) is 6.61 Å². The van der Waals surface area contributed by atoms with E-state index < -0.39 is 12.8 Å². The van der Waals surface area contributed by atoms with Gasteiger partial charge in [0.25, 0.3) is 5.91 Å². The number of benzene rings is 1. The van der Waals surface area contributed by atoms with Crippen molar-refractivity contribution in [1.82, 2.24) is 10.6 Å². The summed E-state index contributed by atoms with van der Waals surface area (Å²) in [5.41, 5.74) is 0.937. The topological polar surface area (TPSA) is 50.4 Å². The van der Waals surface area contributed by atoms with Gasteiger partial charge in [-0.15, -0.1) is 0 Å². The van der Waals surface area contributed by atoms with Crippen molar-refractivity contribution in [2.75, 3.05) is 6.61 Å². The van der Waals surface area contributed by atoms with Crippen molar-refractivity contribution in [3.8, 4) is 0 Å². The molecule has 146 valence electrons. The Balaban J connectivity index is 1.91. The van der Waals surface area contributed by atoms with Crippen LogP contribution in [-0.4, -0.2) is 35.8 Å². The number of carbonyl (C=O) groups is 1. The predicted molar refractivity (Wildman–Crippen MR) is 93.9 cm³/mol. The fraction of sp³-hybridized carbons (Fsp3) is 0.632. The first-order valence-electron chi connectivity index (χ1n) is 8.69.